The summed E-state index contributed by atoms with van der Waals surface area (Å²) in [7, 11) is 2.84. The Balaban J connectivity index is 1.96. The topological polar surface area (TPSA) is 67.9 Å². The lowest BCUT2D eigenvalue weighted by Crippen LogP contribution is -2.32. The molecule has 0 aliphatic carbocycles. The van der Waals surface area contributed by atoms with Crippen molar-refractivity contribution >= 4 is 34.8 Å². The summed E-state index contributed by atoms with van der Waals surface area (Å²) in [6, 6.07) is 8.56. The van der Waals surface area contributed by atoms with Gasteiger partial charge in [0.25, 0.3) is 11.8 Å². The Morgan fingerprint density at radius 2 is 1.72 bits per heavy atom. The highest BCUT2D eigenvalue weighted by molar-refractivity contribution is 6.53. The molecule has 0 fully saturated rings. The van der Waals surface area contributed by atoms with E-state index in [-0.39, 0.29) is 17.1 Å². The zero-order valence-electron chi connectivity index (χ0n) is 15.1. The number of hydrogen-bond acceptors (Lipinski definition) is 5. The first kappa shape index (κ1) is 20.5. The van der Waals surface area contributed by atoms with Crippen molar-refractivity contribution in [2.75, 3.05) is 24.4 Å². The van der Waals surface area contributed by atoms with Gasteiger partial charge in [0, 0.05) is 6.07 Å². The van der Waals surface area contributed by atoms with Crippen molar-refractivity contribution in [1.29, 1.82) is 0 Å². The molecular formula is C19H14ClF3N2O4. The molecule has 0 saturated carbocycles. The summed E-state index contributed by atoms with van der Waals surface area (Å²) in [6.07, 6.45) is -4.63. The molecular weight excluding hydrogens is 413 g/mol. The molecule has 0 atom stereocenters. The van der Waals surface area contributed by atoms with Gasteiger partial charge in [-0.1, -0.05) is 17.7 Å². The zero-order valence-corrected chi connectivity index (χ0v) is 15.9. The molecule has 0 unspecified atom stereocenters. The second-order valence-electron chi connectivity index (χ2n) is 5.87. The van der Waals surface area contributed by atoms with Crippen LogP contribution < -0.4 is 19.7 Å². The Labute approximate surface area is 168 Å². The van der Waals surface area contributed by atoms with Crippen LogP contribution in [0, 0.1) is 0 Å². The minimum Gasteiger partial charge on any atom is -0.497 e. The molecule has 1 aliphatic heterocycles. The number of nitrogens with one attached hydrogen (secondary N) is 1. The number of methoxy groups -OCH3 is 2. The zero-order chi connectivity index (χ0) is 21.3. The van der Waals surface area contributed by atoms with E-state index < -0.39 is 28.6 Å². The lowest BCUT2D eigenvalue weighted by atomic mass is 10.2. The molecule has 1 aliphatic rings. The highest BCUT2D eigenvalue weighted by Gasteiger charge is 2.40. The average molecular weight is 427 g/mol. The van der Waals surface area contributed by atoms with Crippen LogP contribution >= 0.6 is 11.6 Å². The number of hydrogen-bond donors (Lipinski definition) is 1. The van der Waals surface area contributed by atoms with Crippen LogP contribution in [0.25, 0.3) is 0 Å². The third-order valence-electron chi connectivity index (χ3n) is 4.13. The van der Waals surface area contributed by atoms with Gasteiger partial charge >= 0.3 is 6.18 Å². The summed E-state index contributed by atoms with van der Waals surface area (Å²) in [5.74, 6) is -1.07. The minimum absolute atomic E-state index is 0.248. The summed E-state index contributed by atoms with van der Waals surface area (Å²) >= 11 is 6.03. The average Bonchev–Trinajstić information content (AvgIpc) is 2.90. The number of imide groups is 1. The molecule has 2 amide bonds. The molecule has 0 saturated heterocycles. The van der Waals surface area contributed by atoms with Crippen molar-refractivity contribution in [3.63, 3.8) is 0 Å². The fourth-order valence-corrected chi connectivity index (χ4v) is 2.93. The number of anilines is 2. The van der Waals surface area contributed by atoms with Crippen molar-refractivity contribution in [3.8, 4) is 11.5 Å². The van der Waals surface area contributed by atoms with E-state index >= 15 is 0 Å². The second-order valence-corrected chi connectivity index (χ2v) is 6.25. The number of carbonyl (C=O) groups is 2. The molecule has 0 radical (unpaired) electrons. The number of halogens is 4. The fourth-order valence-electron chi connectivity index (χ4n) is 2.71. The molecule has 0 spiro atoms. The number of ether oxygens (including phenoxy) is 2. The van der Waals surface area contributed by atoms with Gasteiger partial charge in [0.15, 0.2) is 0 Å². The normalized spacial score (nSPS) is 14.5. The van der Waals surface area contributed by atoms with Crippen molar-refractivity contribution in [2.24, 2.45) is 0 Å². The van der Waals surface area contributed by atoms with Crippen molar-refractivity contribution in [3.05, 3.63) is 58.8 Å². The van der Waals surface area contributed by atoms with Crippen LogP contribution in [0.1, 0.15) is 5.56 Å². The maximum Gasteiger partial charge on any atom is 0.416 e. The summed E-state index contributed by atoms with van der Waals surface area (Å²) in [5.41, 5.74) is -1.25. The van der Waals surface area contributed by atoms with E-state index in [9.17, 15) is 22.8 Å². The largest absolute Gasteiger partial charge is 0.497 e. The van der Waals surface area contributed by atoms with E-state index in [0.717, 1.165) is 12.1 Å². The summed E-state index contributed by atoms with van der Waals surface area (Å²) in [4.78, 5) is 25.9. The molecule has 3 rings (SSSR count). The van der Waals surface area contributed by atoms with Crippen LogP contribution in [0.5, 0.6) is 11.5 Å². The Hall–Kier alpha value is -3.20. The van der Waals surface area contributed by atoms with Gasteiger partial charge in [-0.25, -0.2) is 4.90 Å². The van der Waals surface area contributed by atoms with Gasteiger partial charge in [0.1, 0.15) is 22.2 Å². The van der Waals surface area contributed by atoms with Crippen molar-refractivity contribution in [2.45, 2.75) is 6.18 Å². The predicted molar refractivity (Wildman–Crippen MR) is 100.0 cm³/mol. The summed E-state index contributed by atoms with van der Waals surface area (Å²) in [6.45, 7) is 0. The lowest BCUT2D eigenvalue weighted by Gasteiger charge is -2.17. The Morgan fingerprint density at radius 3 is 2.34 bits per heavy atom. The van der Waals surface area contributed by atoms with Crippen molar-refractivity contribution in [1.82, 2.24) is 0 Å². The predicted octanol–water partition coefficient (Wildman–Crippen LogP) is 4.16. The SMILES string of the molecule is COc1ccc(OC)c(NC2=C(Cl)C(=O)N(c3cccc(C(F)(F)F)c3)C2=O)c1. The van der Waals surface area contributed by atoms with Gasteiger partial charge in [0.2, 0.25) is 0 Å². The number of nitrogens with zero attached hydrogens (tertiary/aromatic N) is 1. The first-order chi connectivity index (χ1) is 13.7. The Morgan fingerprint density at radius 1 is 1.00 bits per heavy atom. The van der Waals surface area contributed by atoms with Crippen LogP contribution in [0.4, 0.5) is 24.5 Å². The van der Waals surface area contributed by atoms with E-state index in [1.165, 1.54) is 26.4 Å². The molecule has 6 nitrogen and oxygen atoms in total. The van der Waals surface area contributed by atoms with Crippen LogP contribution in [-0.4, -0.2) is 26.0 Å². The van der Waals surface area contributed by atoms with E-state index in [2.05, 4.69) is 5.32 Å². The van der Waals surface area contributed by atoms with Gasteiger partial charge in [-0.15, -0.1) is 0 Å². The highest BCUT2D eigenvalue weighted by Crippen LogP contribution is 2.36. The maximum absolute atomic E-state index is 13.0. The Kier molecular flexibility index (Phi) is 5.43. The maximum atomic E-state index is 13.0. The molecule has 2 aromatic carbocycles. The number of carbonyl (C=O) groups excluding carboxylic acids is 2. The first-order valence-corrected chi connectivity index (χ1v) is 8.50. The molecule has 1 heterocycles. The lowest BCUT2D eigenvalue weighted by molar-refractivity contribution is -0.137. The second kappa shape index (κ2) is 7.67. The minimum atomic E-state index is -4.63. The van der Waals surface area contributed by atoms with Gasteiger partial charge in [-0.3, -0.25) is 9.59 Å². The van der Waals surface area contributed by atoms with Crippen LogP contribution in [0.2, 0.25) is 0 Å². The molecule has 0 aromatic heterocycles. The molecule has 29 heavy (non-hydrogen) atoms. The van der Waals surface area contributed by atoms with E-state index in [4.69, 9.17) is 21.1 Å². The third kappa shape index (κ3) is 3.86. The van der Waals surface area contributed by atoms with Crippen LogP contribution in [0.15, 0.2) is 53.2 Å². The number of amides is 2. The Bertz CT molecular complexity index is 1020. The van der Waals surface area contributed by atoms with Gasteiger partial charge in [-0.05, 0) is 30.3 Å². The van der Waals surface area contributed by atoms with E-state index in [1.54, 1.807) is 12.1 Å². The molecule has 10 heteroatoms. The standard InChI is InChI=1S/C19H14ClF3N2O4/c1-28-12-6-7-14(29-2)13(9-12)24-16-15(20)17(26)25(18(16)27)11-5-3-4-10(8-11)19(21,22)23/h3-9,24H,1-2H3. The summed E-state index contributed by atoms with van der Waals surface area (Å²) < 4.78 is 49.3. The van der Waals surface area contributed by atoms with Gasteiger partial charge in [-0.2, -0.15) is 13.2 Å². The van der Waals surface area contributed by atoms with E-state index in [1.807, 2.05) is 0 Å². The van der Waals surface area contributed by atoms with Gasteiger partial charge < -0.3 is 14.8 Å². The summed E-state index contributed by atoms with van der Waals surface area (Å²) in [5, 5.41) is 2.26. The molecule has 152 valence electrons. The fraction of sp³-hybridized carbons (Fsp3) is 0.158. The van der Waals surface area contributed by atoms with Crippen LogP contribution in [0.3, 0.4) is 0 Å². The first-order valence-electron chi connectivity index (χ1n) is 8.12. The highest BCUT2D eigenvalue weighted by atomic mass is 35.5. The number of rotatable bonds is 5. The van der Waals surface area contributed by atoms with E-state index in [0.29, 0.717) is 22.5 Å². The quantitative estimate of drug-likeness (QED) is 0.727. The third-order valence-corrected chi connectivity index (χ3v) is 4.48. The molecule has 1 N–H and O–H groups in total. The van der Waals surface area contributed by atoms with Gasteiger partial charge in [0.05, 0.1) is 31.2 Å². The number of alkyl halides is 3. The number of benzene rings is 2. The van der Waals surface area contributed by atoms with Crippen molar-refractivity contribution < 1.29 is 32.2 Å². The smallest absolute Gasteiger partial charge is 0.416 e. The monoisotopic (exact) mass is 426 g/mol. The molecule has 0 bridgehead atoms. The molecule has 2 aromatic rings. The van der Waals surface area contributed by atoms with Crippen LogP contribution in [-0.2, 0) is 15.8 Å².